The van der Waals surface area contributed by atoms with Crippen molar-refractivity contribution in [1.82, 2.24) is 0 Å². The van der Waals surface area contributed by atoms with Crippen molar-refractivity contribution in [1.29, 1.82) is 0 Å². The molecule has 0 amide bonds. The molecule has 0 bridgehead atoms. The van der Waals surface area contributed by atoms with Gasteiger partial charge in [0, 0.05) is 0 Å². The van der Waals surface area contributed by atoms with Crippen LogP contribution in [0.15, 0.2) is 24.3 Å². The first-order valence-corrected chi connectivity index (χ1v) is 29.9. The molecule has 0 spiro atoms. The smallest absolute Gasteiger partial charge is 0.0279 e. The van der Waals surface area contributed by atoms with Gasteiger partial charge >= 0.3 is 0 Å². The summed E-state index contributed by atoms with van der Waals surface area (Å²) < 4.78 is 0. The van der Waals surface area contributed by atoms with Gasteiger partial charge in [-0.2, -0.15) is 0 Å². The second-order valence-corrected chi connectivity index (χ2v) is 21.0. The summed E-state index contributed by atoms with van der Waals surface area (Å²) in [5.74, 6) is 0. The standard InChI is InChI=1S/C62H118/c1-3-5-7-9-11-13-15-17-19-21-23-25-27-29-31-33-35-37-39-41-43-45-47-49-51-53-56-61-58-55-59-62(60-61)57-54-52-50-48-46-44-42-40-38-36-34-32-30-28-26-24-22-20-18-16-14-12-10-8-6-4-2/h55,58-60H,3-54,56-57H2,1-2H3. The normalized spacial score (nSPS) is 11.6. The number of rotatable bonds is 54. The SMILES string of the molecule is CCCCCCCCCCCCCCCCCCCCCCCCCCCCc1cccc(CCCCCCCCCCCCCCCCCCCCCCCCCCCC)c1. The molecule has 0 heteroatoms. The first-order chi connectivity index (χ1) is 30.9. The zero-order valence-corrected chi connectivity index (χ0v) is 43.5. The highest BCUT2D eigenvalue weighted by molar-refractivity contribution is 5.23. The highest BCUT2D eigenvalue weighted by atomic mass is 14.1. The first-order valence-electron chi connectivity index (χ1n) is 29.9. The zero-order valence-electron chi connectivity index (χ0n) is 43.5. The van der Waals surface area contributed by atoms with Crippen molar-refractivity contribution in [3.63, 3.8) is 0 Å². The molecule has 366 valence electrons. The Labute approximate surface area is 394 Å². The van der Waals surface area contributed by atoms with E-state index in [2.05, 4.69) is 38.1 Å². The van der Waals surface area contributed by atoms with Crippen LogP contribution in [0.1, 0.15) is 359 Å². The fourth-order valence-corrected chi connectivity index (χ4v) is 10.2. The minimum atomic E-state index is 1.28. The Morgan fingerprint density at radius 3 is 0.500 bits per heavy atom. The largest absolute Gasteiger partial charge is 0.0654 e. The average Bonchev–Trinajstić information content (AvgIpc) is 3.29. The van der Waals surface area contributed by atoms with E-state index in [0.29, 0.717) is 0 Å². The van der Waals surface area contributed by atoms with Crippen molar-refractivity contribution >= 4 is 0 Å². The van der Waals surface area contributed by atoms with Crippen molar-refractivity contribution in [2.75, 3.05) is 0 Å². The van der Waals surface area contributed by atoms with Crippen LogP contribution in [0, 0.1) is 0 Å². The minimum absolute atomic E-state index is 1.28. The molecule has 0 aliphatic rings. The summed E-state index contributed by atoms with van der Waals surface area (Å²) in [5.41, 5.74) is 3.17. The number of unbranched alkanes of at least 4 members (excludes halogenated alkanes) is 50. The fourth-order valence-electron chi connectivity index (χ4n) is 10.2. The highest BCUT2D eigenvalue weighted by Crippen LogP contribution is 2.20. The second kappa shape index (κ2) is 52.8. The van der Waals surface area contributed by atoms with Gasteiger partial charge in [0.1, 0.15) is 0 Å². The van der Waals surface area contributed by atoms with E-state index < -0.39 is 0 Å². The van der Waals surface area contributed by atoms with Crippen LogP contribution in [0.3, 0.4) is 0 Å². The number of benzene rings is 1. The quantitative estimate of drug-likeness (QED) is 0.0573. The van der Waals surface area contributed by atoms with Crippen molar-refractivity contribution < 1.29 is 0 Å². The predicted octanol–water partition coefficient (Wildman–Crippen LogP) is 23.1. The van der Waals surface area contributed by atoms with Gasteiger partial charge in [0.25, 0.3) is 0 Å². The molecule has 0 heterocycles. The van der Waals surface area contributed by atoms with Crippen LogP contribution in [0.25, 0.3) is 0 Å². The van der Waals surface area contributed by atoms with E-state index >= 15 is 0 Å². The van der Waals surface area contributed by atoms with Crippen LogP contribution in [-0.2, 0) is 12.8 Å². The maximum absolute atomic E-state index is 2.53. The fraction of sp³-hybridized carbons (Fsp3) is 0.903. The Morgan fingerprint density at radius 2 is 0.339 bits per heavy atom. The Morgan fingerprint density at radius 1 is 0.194 bits per heavy atom. The van der Waals surface area contributed by atoms with E-state index in [1.54, 1.807) is 11.1 Å². The molecule has 0 unspecified atom stereocenters. The van der Waals surface area contributed by atoms with E-state index in [1.165, 1.54) is 347 Å². The summed E-state index contributed by atoms with van der Waals surface area (Å²) >= 11 is 0. The van der Waals surface area contributed by atoms with Crippen LogP contribution in [0.5, 0.6) is 0 Å². The molecule has 0 saturated heterocycles. The maximum Gasteiger partial charge on any atom is -0.0279 e. The molecule has 0 saturated carbocycles. The zero-order chi connectivity index (χ0) is 44.2. The van der Waals surface area contributed by atoms with Crippen LogP contribution >= 0.6 is 0 Å². The summed E-state index contributed by atoms with van der Waals surface area (Å²) in [6.07, 6.45) is 78.9. The molecule has 1 aromatic carbocycles. The molecule has 0 atom stereocenters. The van der Waals surface area contributed by atoms with Gasteiger partial charge in [-0.05, 0) is 36.8 Å². The molecule has 1 aromatic rings. The molecular weight excluding hydrogens is 745 g/mol. The summed E-state index contributed by atoms with van der Waals surface area (Å²) in [4.78, 5) is 0. The molecule has 0 aromatic heterocycles. The van der Waals surface area contributed by atoms with Crippen LogP contribution in [0.2, 0.25) is 0 Å². The number of hydrogen-bond donors (Lipinski definition) is 0. The third kappa shape index (κ3) is 47.2. The third-order valence-electron chi connectivity index (χ3n) is 14.6. The lowest BCUT2D eigenvalue weighted by Gasteiger charge is -2.07. The van der Waals surface area contributed by atoms with Gasteiger partial charge in [0.05, 0.1) is 0 Å². The lowest BCUT2D eigenvalue weighted by Crippen LogP contribution is -1.91. The van der Waals surface area contributed by atoms with Crippen LogP contribution in [0.4, 0.5) is 0 Å². The van der Waals surface area contributed by atoms with Gasteiger partial charge in [0.2, 0.25) is 0 Å². The molecule has 62 heavy (non-hydrogen) atoms. The van der Waals surface area contributed by atoms with E-state index in [9.17, 15) is 0 Å². The van der Waals surface area contributed by atoms with Crippen molar-refractivity contribution in [3.05, 3.63) is 35.4 Å². The topological polar surface area (TPSA) is 0 Å². The van der Waals surface area contributed by atoms with Gasteiger partial charge in [0.15, 0.2) is 0 Å². The molecule has 1 rings (SSSR count). The van der Waals surface area contributed by atoms with E-state index in [0.717, 1.165) is 0 Å². The summed E-state index contributed by atoms with van der Waals surface area (Å²) in [5, 5.41) is 0. The van der Waals surface area contributed by atoms with Gasteiger partial charge in [-0.1, -0.05) is 359 Å². The molecular formula is C62H118. The van der Waals surface area contributed by atoms with Crippen molar-refractivity contribution in [3.8, 4) is 0 Å². The van der Waals surface area contributed by atoms with Crippen LogP contribution in [-0.4, -0.2) is 0 Å². The van der Waals surface area contributed by atoms with Gasteiger partial charge in [-0.15, -0.1) is 0 Å². The Kier molecular flexibility index (Phi) is 50.5. The summed E-state index contributed by atoms with van der Waals surface area (Å²) in [7, 11) is 0. The Hall–Kier alpha value is -0.780. The molecule has 0 nitrogen and oxygen atoms in total. The maximum atomic E-state index is 2.53. The third-order valence-corrected chi connectivity index (χ3v) is 14.6. The Bertz CT molecular complexity index is 858. The molecule has 0 fully saturated rings. The molecule has 0 N–H and O–H groups in total. The van der Waals surface area contributed by atoms with Gasteiger partial charge < -0.3 is 0 Å². The second-order valence-electron chi connectivity index (χ2n) is 21.0. The highest BCUT2D eigenvalue weighted by Gasteiger charge is 2.01. The van der Waals surface area contributed by atoms with Gasteiger partial charge in [-0.25, -0.2) is 0 Å². The molecule has 0 aliphatic heterocycles. The first kappa shape index (κ1) is 59.2. The average molecular weight is 864 g/mol. The summed E-state index contributed by atoms with van der Waals surface area (Å²) in [6.45, 7) is 4.63. The summed E-state index contributed by atoms with van der Waals surface area (Å²) in [6, 6.07) is 9.61. The lowest BCUT2D eigenvalue weighted by atomic mass is 9.99. The van der Waals surface area contributed by atoms with E-state index in [1.807, 2.05) is 0 Å². The van der Waals surface area contributed by atoms with E-state index in [-0.39, 0.29) is 0 Å². The van der Waals surface area contributed by atoms with Crippen LogP contribution < -0.4 is 0 Å². The van der Waals surface area contributed by atoms with Crippen molar-refractivity contribution in [2.24, 2.45) is 0 Å². The number of hydrogen-bond acceptors (Lipinski definition) is 0. The number of aryl methyl sites for hydroxylation is 2. The lowest BCUT2D eigenvalue weighted by molar-refractivity contribution is 0.515. The predicted molar refractivity (Wildman–Crippen MR) is 285 cm³/mol. The Balaban J connectivity index is 1.75. The van der Waals surface area contributed by atoms with Crippen molar-refractivity contribution in [2.45, 2.75) is 361 Å². The molecule has 0 radical (unpaired) electrons. The van der Waals surface area contributed by atoms with Gasteiger partial charge in [-0.3, -0.25) is 0 Å². The molecule has 0 aliphatic carbocycles. The minimum Gasteiger partial charge on any atom is -0.0654 e. The van der Waals surface area contributed by atoms with E-state index in [4.69, 9.17) is 0 Å². The monoisotopic (exact) mass is 863 g/mol.